The Morgan fingerprint density at radius 3 is 2.58 bits per heavy atom. The lowest BCUT2D eigenvalue weighted by Gasteiger charge is -2.23. The number of aromatic nitrogens is 2. The van der Waals surface area contributed by atoms with Crippen LogP contribution in [0.1, 0.15) is 18.1 Å². The molecule has 24 heavy (non-hydrogen) atoms. The minimum absolute atomic E-state index is 0.605. The third kappa shape index (κ3) is 3.54. The first-order valence-corrected chi connectivity index (χ1v) is 8.17. The van der Waals surface area contributed by atoms with Gasteiger partial charge in [0.25, 0.3) is 0 Å². The summed E-state index contributed by atoms with van der Waals surface area (Å²) >= 11 is 0. The fourth-order valence-corrected chi connectivity index (χ4v) is 2.67. The maximum Gasteiger partial charge on any atom is 0.229 e. The van der Waals surface area contributed by atoms with Crippen LogP contribution in [0.3, 0.4) is 0 Å². The molecule has 3 aromatic rings. The summed E-state index contributed by atoms with van der Waals surface area (Å²) in [7, 11) is 0. The fourth-order valence-electron chi connectivity index (χ4n) is 2.67. The SMILES string of the molecule is CCN(c1cccc(C)c1)c1ccnc(Nc2ccccc2C)n1. The van der Waals surface area contributed by atoms with E-state index in [1.807, 2.05) is 24.3 Å². The van der Waals surface area contributed by atoms with E-state index in [9.17, 15) is 0 Å². The summed E-state index contributed by atoms with van der Waals surface area (Å²) < 4.78 is 0. The topological polar surface area (TPSA) is 41.1 Å². The number of nitrogens with zero attached hydrogens (tertiary/aromatic N) is 3. The van der Waals surface area contributed by atoms with Crippen LogP contribution in [-0.4, -0.2) is 16.5 Å². The molecule has 0 aliphatic carbocycles. The van der Waals surface area contributed by atoms with Crippen molar-refractivity contribution in [3.05, 3.63) is 71.9 Å². The highest BCUT2D eigenvalue weighted by Gasteiger charge is 2.10. The second kappa shape index (κ2) is 7.13. The third-order valence-corrected chi connectivity index (χ3v) is 3.94. The number of hydrogen-bond donors (Lipinski definition) is 1. The Labute approximate surface area is 143 Å². The van der Waals surface area contributed by atoms with Crippen LogP contribution in [0.4, 0.5) is 23.1 Å². The Balaban J connectivity index is 1.90. The van der Waals surface area contributed by atoms with Crippen molar-refractivity contribution in [1.82, 2.24) is 9.97 Å². The molecule has 0 spiro atoms. The van der Waals surface area contributed by atoms with Crippen molar-refractivity contribution in [2.24, 2.45) is 0 Å². The van der Waals surface area contributed by atoms with Crippen molar-refractivity contribution >= 4 is 23.1 Å². The lowest BCUT2D eigenvalue weighted by atomic mass is 10.2. The number of nitrogens with one attached hydrogen (secondary N) is 1. The molecule has 0 unspecified atom stereocenters. The number of hydrogen-bond acceptors (Lipinski definition) is 4. The lowest BCUT2D eigenvalue weighted by Crippen LogP contribution is -2.18. The molecular formula is C20H22N4. The number of anilines is 4. The molecule has 0 fully saturated rings. The lowest BCUT2D eigenvalue weighted by molar-refractivity contribution is 0.977. The second-order valence-corrected chi connectivity index (χ2v) is 5.76. The summed E-state index contributed by atoms with van der Waals surface area (Å²) in [5.74, 6) is 1.49. The van der Waals surface area contributed by atoms with Crippen LogP contribution in [-0.2, 0) is 0 Å². The Kier molecular flexibility index (Phi) is 4.75. The van der Waals surface area contributed by atoms with Crippen molar-refractivity contribution < 1.29 is 0 Å². The van der Waals surface area contributed by atoms with E-state index in [0.717, 1.165) is 29.3 Å². The summed E-state index contributed by atoms with van der Waals surface area (Å²) in [6.07, 6.45) is 1.79. The van der Waals surface area contributed by atoms with E-state index in [-0.39, 0.29) is 0 Å². The number of rotatable bonds is 5. The van der Waals surface area contributed by atoms with Crippen molar-refractivity contribution in [3.8, 4) is 0 Å². The second-order valence-electron chi connectivity index (χ2n) is 5.76. The summed E-state index contributed by atoms with van der Waals surface area (Å²) in [6.45, 7) is 7.13. The van der Waals surface area contributed by atoms with Gasteiger partial charge in [-0.15, -0.1) is 0 Å². The number of benzene rings is 2. The molecule has 0 amide bonds. The normalized spacial score (nSPS) is 10.5. The molecule has 3 rings (SSSR count). The zero-order valence-corrected chi connectivity index (χ0v) is 14.3. The van der Waals surface area contributed by atoms with Crippen LogP contribution < -0.4 is 10.2 Å². The molecule has 1 heterocycles. The summed E-state index contributed by atoms with van der Waals surface area (Å²) in [5.41, 5.74) is 4.56. The molecular weight excluding hydrogens is 296 g/mol. The minimum Gasteiger partial charge on any atom is -0.326 e. The minimum atomic E-state index is 0.605. The van der Waals surface area contributed by atoms with Gasteiger partial charge in [-0.25, -0.2) is 4.98 Å². The molecule has 0 atom stereocenters. The van der Waals surface area contributed by atoms with E-state index in [1.165, 1.54) is 5.56 Å². The average Bonchev–Trinajstić information content (AvgIpc) is 2.58. The molecule has 0 saturated carbocycles. The molecule has 0 radical (unpaired) electrons. The van der Waals surface area contributed by atoms with Crippen LogP contribution >= 0.6 is 0 Å². The maximum atomic E-state index is 4.69. The predicted octanol–water partition coefficient (Wildman–Crippen LogP) is 5.00. The van der Waals surface area contributed by atoms with Gasteiger partial charge in [0, 0.05) is 24.1 Å². The quantitative estimate of drug-likeness (QED) is 0.719. The molecule has 1 N–H and O–H groups in total. The molecule has 0 bridgehead atoms. The van der Waals surface area contributed by atoms with Crippen molar-refractivity contribution in [2.45, 2.75) is 20.8 Å². The third-order valence-electron chi connectivity index (χ3n) is 3.94. The predicted molar refractivity (Wildman–Crippen MR) is 100 cm³/mol. The molecule has 122 valence electrons. The standard InChI is InChI=1S/C20H22N4/c1-4-24(17-10-7-8-15(2)14-17)19-12-13-21-20(23-19)22-18-11-6-5-9-16(18)3/h5-14H,4H2,1-3H3,(H,21,22,23). The van der Waals surface area contributed by atoms with Gasteiger partial charge >= 0.3 is 0 Å². The fraction of sp³-hybridized carbons (Fsp3) is 0.200. The first-order valence-electron chi connectivity index (χ1n) is 8.17. The van der Waals surface area contributed by atoms with Crippen LogP contribution in [0.2, 0.25) is 0 Å². The molecule has 2 aromatic carbocycles. The molecule has 4 nitrogen and oxygen atoms in total. The summed E-state index contributed by atoms with van der Waals surface area (Å²) in [6, 6.07) is 18.5. The van der Waals surface area contributed by atoms with Gasteiger partial charge in [-0.2, -0.15) is 4.98 Å². The Bertz CT molecular complexity index is 829. The molecule has 1 aromatic heterocycles. The van der Waals surface area contributed by atoms with E-state index in [1.54, 1.807) is 6.20 Å². The summed E-state index contributed by atoms with van der Waals surface area (Å²) in [5, 5.41) is 3.31. The zero-order chi connectivity index (χ0) is 16.9. The molecule has 0 aliphatic heterocycles. The molecule has 0 saturated heterocycles. The van der Waals surface area contributed by atoms with E-state index in [4.69, 9.17) is 4.98 Å². The van der Waals surface area contributed by atoms with Gasteiger partial charge in [0.2, 0.25) is 5.95 Å². The number of para-hydroxylation sites is 1. The van der Waals surface area contributed by atoms with E-state index >= 15 is 0 Å². The van der Waals surface area contributed by atoms with E-state index < -0.39 is 0 Å². The van der Waals surface area contributed by atoms with Crippen LogP contribution in [0.25, 0.3) is 0 Å². The highest BCUT2D eigenvalue weighted by atomic mass is 15.2. The highest BCUT2D eigenvalue weighted by molar-refractivity contribution is 5.63. The van der Waals surface area contributed by atoms with Gasteiger partial charge in [-0.1, -0.05) is 30.3 Å². The smallest absolute Gasteiger partial charge is 0.229 e. The Morgan fingerprint density at radius 1 is 1.00 bits per heavy atom. The van der Waals surface area contributed by atoms with Gasteiger partial charge in [0.15, 0.2) is 0 Å². The van der Waals surface area contributed by atoms with Gasteiger partial charge in [0.1, 0.15) is 5.82 Å². The average molecular weight is 318 g/mol. The van der Waals surface area contributed by atoms with Crippen molar-refractivity contribution in [1.29, 1.82) is 0 Å². The first kappa shape index (κ1) is 16.0. The van der Waals surface area contributed by atoms with Gasteiger partial charge < -0.3 is 10.2 Å². The van der Waals surface area contributed by atoms with Crippen LogP contribution in [0, 0.1) is 13.8 Å². The maximum absolute atomic E-state index is 4.69. The van der Waals surface area contributed by atoms with Crippen molar-refractivity contribution in [2.75, 3.05) is 16.8 Å². The largest absolute Gasteiger partial charge is 0.326 e. The highest BCUT2D eigenvalue weighted by Crippen LogP contribution is 2.25. The zero-order valence-electron chi connectivity index (χ0n) is 14.3. The Hall–Kier alpha value is -2.88. The van der Waals surface area contributed by atoms with Gasteiger partial charge in [-0.05, 0) is 56.2 Å². The first-order chi connectivity index (χ1) is 11.7. The van der Waals surface area contributed by atoms with Gasteiger partial charge in [-0.3, -0.25) is 0 Å². The van der Waals surface area contributed by atoms with Crippen molar-refractivity contribution in [3.63, 3.8) is 0 Å². The molecule has 4 heteroatoms. The van der Waals surface area contributed by atoms with E-state index in [2.05, 4.69) is 66.3 Å². The monoisotopic (exact) mass is 318 g/mol. The molecule has 0 aliphatic rings. The van der Waals surface area contributed by atoms with Crippen LogP contribution in [0.15, 0.2) is 60.8 Å². The van der Waals surface area contributed by atoms with Crippen LogP contribution in [0.5, 0.6) is 0 Å². The van der Waals surface area contributed by atoms with E-state index in [0.29, 0.717) is 5.95 Å². The number of aryl methyl sites for hydroxylation is 2. The Morgan fingerprint density at radius 2 is 1.83 bits per heavy atom. The van der Waals surface area contributed by atoms with Gasteiger partial charge in [0.05, 0.1) is 0 Å². The summed E-state index contributed by atoms with van der Waals surface area (Å²) in [4.78, 5) is 11.2.